The van der Waals surface area contributed by atoms with Crippen LogP contribution in [0.1, 0.15) is 41.3 Å². The van der Waals surface area contributed by atoms with Crippen LogP contribution in [0.5, 0.6) is 0 Å². The van der Waals surface area contributed by atoms with E-state index in [0.717, 1.165) is 30.8 Å². The molecule has 0 aliphatic carbocycles. The fraction of sp³-hybridized carbons (Fsp3) is 0.435. The molecular weight excluding hydrogens is 398 g/mol. The molecule has 1 aliphatic heterocycles. The van der Waals surface area contributed by atoms with E-state index in [9.17, 15) is 13.2 Å². The molecule has 1 aliphatic rings. The zero-order chi connectivity index (χ0) is 21.7. The molecule has 1 unspecified atom stereocenters. The van der Waals surface area contributed by atoms with Gasteiger partial charge in [-0.1, -0.05) is 31.2 Å². The third kappa shape index (κ3) is 5.61. The van der Waals surface area contributed by atoms with Gasteiger partial charge in [-0.25, -0.2) is 8.42 Å². The van der Waals surface area contributed by atoms with Crippen LogP contribution in [0.15, 0.2) is 47.4 Å². The van der Waals surface area contributed by atoms with Gasteiger partial charge in [-0.05, 0) is 75.0 Å². The molecule has 3 rings (SSSR count). The van der Waals surface area contributed by atoms with Gasteiger partial charge < -0.3 is 10.2 Å². The lowest BCUT2D eigenvalue weighted by Gasteiger charge is -2.20. The molecule has 162 valence electrons. The number of nitrogens with zero attached hydrogens (tertiary/aromatic N) is 1. The zero-order valence-electron chi connectivity index (χ0n) is 17.9. The Morgan fingerprint density at radius 2 is 1.77 bits per heavy atom. The Hall–Kier alpha value is -2.38. The number of hydrogen-bond acceptors (Lipinski definition) is 4. The van der Waals surface area contributed by atoms with E-state index in [0.29, 0.717) is 23.7 Å². The Morgan fingerprint density at radius 3 is 2.47 bits per heavy atom. The number of aryl methyl sites for hydroxylation is 2. The lowest BCUT2D eigenvalue weighted by Crippen LogP contribution is -2.34. The fourth-order valence-corrected chi connectivity index (χ4v) is 4.89. The van der Waals surface area contributed by atoms with Gasteiger partial charge in [0.1, 0.15) is 0 Å². The summed E-state index contributed by atoms with van der Waals surface area (Å²) in [7, 11) is -3.79. The number of amides is 1. The maximum absolute atomic E-state index is 12.9. The van der Waals surface area contributed by atoms with Crippen molar-refractivity contribution in [3.63, 3.8) is 0 Å². The average molecular weight is 430 g/mol. The van der Waals surface area contributed by atoms with Crippen molar-refractivity contribution in [2.45, 2.75) is 38.5 Å². The van der Waals surface area contributed by atoms with Crippen LogP contribution in [-0.2, 0) is 10.0 Å². The van der Waals surface area contributed by atoms with Crippen LogP contribution < -0.4 is 10.0 Å². The van der Waals surface area contributed by atoms with Crippen molar-refractivity contribution < 1.29 is 13.2 Å². The molecule has 2 N–H and O–H groups in total. The number of sulfonamides is 1. The van der Waals surface area contributed by atoms with Crippen LogP contribution in [0.2, 0.25) is 0 Å². The normalized spacial score (nSPS) is 15.7. The lowest BCUT2D eigenvalue weighted by atomic mass is 10.1. The van der Waals surface area contributed by atoms with Gasteiger partial charge in [0.15, 0.2) is 0 Å². The SMILES string of the molecule is Cc1ccccc1NS(=O)(=O)c1ccc(C)c(C(=O)NCC(C)CN2CCCC2)c1. The van der Waals surface area contributed by atoms with Crippen molar-refractivity contribution in [3.05, 3.63) is 59.2 Å². The average Bonchev–Trinajstić information content (AvgIpc) is 3.21. The quantitative estimate of drug-likeness (QED) is 0.672. The largest absolute Gasteiger partial charge is 0.352 e. The maximum Gasteiger partial charge on any atom is 0.261 e. The van der Waals surface area contributed by atoms with Gasteiger partial charge in [0.2, 0.25) is 0 Å². The summed E-state index contributed by atoms with van der Waals surface area (Å²) in [6.07, 6.45) is 2.49. The third-order valence-electron chi connectivity index (χ3n) is 5.53. The van der Waals surface area contributed by atoms with E-state index in [1.165, 1.54) is 25.0 Å². The fourth-order valence-electron chi connectivity index (χ4n) is 3.74. The van der Waals surface area contributed by atoms with Gasteiger partial charge in [-0.3, -0.25) is 9.52 Å². The number of nitrogens with one attached hydrogen (secondary N) is 2. The van der Waals surface area contributed by atoms with Crippen LogP contribution in [0, 0.1) is 19.8 Å². The monoisotopic (exact) mass is 429 g/mol. The minimum absolute atomic E-state index is 0.0756. The summed E-state index contributed by atoms with van der Waals surface area (Å²) < 4.78 is 28.3. The van der Waals surface area contributed by atoms with Gasteiger partial charge in [-0.2, -0.15) is 0 Å². The van der Waals surface area contributed by atoms with E-state index < -0.39 is 10.0 Å². The van der Waals surface area contributed by atoms with Gasteiger partial charge >= 0.3 is 0 Å². The van der Waals surface area contributed by atoms with Crippen molar-refractivity contribution in [3.8, 4) is 0 Å². The van der Waals surface area contributed by atoms with Crippen molar-refractivity contribution in [1.82, 2.24) is 10.2 Å². The molecule has 7 heteroatoms. The number of carbonyl (C=O) groups excluding carboxylic acids is 1. The second kappa shape index (κ2) is 9.62. The summed E-state index contributed by atoms with van der Waals surface area (Å²) in [6, 6.07) is 11.9. The highest BCUT2D eigenvalue weighted by atomic mass is 32.2. The number of benzene rings is 2. The molecule has 1 amide bonds. The van der Waals surface area contributed by atoms with E-state index in [2.05, 4.69) is 21.9 Å². The van der Waals surface area contributed by atoms with Gasteiger partial charge in [0.25, 0.3) is 15.9 Å². The highest BCUT2D eigenvalue weighted by molar-refractivity contribution is 7.92. The molecule has 2 aromatic rings. The molecule has 1 heterocycles. The Morgan fingerprint density at radius 1 is 1.07 bits per heavy atom. The molecule has 30 heavy (non-hydrogen) atoms. The van der Waals surface area contributed by atoms with Crippen LogP contribution >= 0.6 is 0 Å². The van der Waals surface area contributed by atoms with Crippen LogP contribution in [0.3, 0.4) is 0 Å². The molecule has 0 bridgehead atoms. The van der Waals surface area contributed by atoms with Crippen molar-refractivity contribution in [2.24, 2.45) is 5.92 Å². The van der Waals surface area contributed by atoms with E-state index in [1.54, 1.807) is 18.2 Å². The molecule has 0 saturated carbocycles. The van der Waals surface area contributed by atoms with Crippen molar-refractivity contribution in [1.29, 1.82) is 0 Å². The Balaban J connectivity index is 1.69. The highest BCUT2D eigenvalue weighted by Crippen LogP contribution is 2.21. The van der Waals surface area contributed by atoms with Crippen molar-refractivity contribution >= 4 is 21.6 Å². The lowest BCUT2D eigenvalue weighted by molar-refractivity contribution is 0.0944. The molecule has 1 fully saturated rings. The molecule has 6 nitrogen and oxygen atoms in total. The standard InChI is InChI=1S/C23H31N3O3S/c1-17(16-26-12-6-7-13-26)15-24-23(27)21-14-20(11-10-18(21)2)30(28,29)25-22-9-5-4-8-19(22)3/h4-5,8-11,14,17,25H,6-7,12-13,15-16H2,1-3H3,(H,24,27). The Kier molecular flexibility index (Phi) is 7.15. The van der Waals surface area contributed by atoms with E-state index in [1.807, 2.05) is 26.0 Å². The van der Waals surface area contributed by atoms with Gasteiger partial charge in [0.05, 0.1) is 10.6 Å². The van der Waals surface area contributed by atoms with Crippen LogP contribution in [0.4, 0.5) is 5.69 Å². The van der Waals surface area contributed by atoms with Gasteiger partial charge in [-0.15, -0.1) is 0 Å². The molecular formula is C23H31N3O3S. The first-order valence-corrected chi connectivity index (χ1v) is 11.9. The summed E-state index contributed by atoms with van der Waals surface area (Å²) in [4.78, 5) is 15.3. The number of para-hydroxylation sites is 1. The second-order valence-corrected chi connectivity index (χ2v) is 9.90. The molecule has 1 atom stereocenters. The molecule has 2 aromatic carbocycles. The molecule has 0 radical (unpaired) electrons. The molecule has 0 spiro atoms. The van der Waals surface area contributed by atoms with Crippen molar-refractivity contribution in [2.75, 3.05) is 30.9 Å². The van der Waals surface area contributed by atoms with E-state index in [-0.39, 0.29) is 10.8 Å². The first kappa shape index (κ1) is 22.3. The highest BCUT2D eigenvalue weighted by Gasteiger charge is 2.20. The first-order chi connectivity index (χ1) is 14.3. The number of rotatable bonds is 8. The topological polar surface area (TPSA) is 78.5 Å². The van der Waals surface area contributed by atoms with Crippen LogP contribution in [-0.4, -0.2) is 45.4 Å². The van der Waals surface area contributed by atoms with Crippen LogP contribution in [0.25, 0.3) is 0 Å². The summed E-state index contributed by atoms with van der Waals surface area (Å²) in [5.74, 6) is 0.0932. The summed E-state index contributed by atoms with van der Waals surface area (Å²) in [5.41, 5.74) is 2.49. The Labute approximate surface area is 179 Å². The maximum atomic E-state index is 12.9. The molecule has 0 aromatic heterocycles. The smallest absolute Gasteiger partial charge is 0.261 e. The number of carbonyl (C=O) groups is 1. The predicted octanol–water partition coefficient (Wildman–Crippen LogP) is 3.57. The number of hydrogen-bond donors (Lipinski definition) is 2. The summed E-state index contributed by atoms with van der Waals surface area (Å²) in [5, 5.41) is 2.97. The second-order valence-electron chi connectivity index (χ2n) is 8.22. The Bertz CT molecular complexity index is 999. The van der Waals surface area contributed by atoms with Gasteiger partial charge in [0, 0.05) is 18.7 Å². The zero-order valence-corrected chi connectivity index (χ0v) is 18.8. The number of anilines is 1. The first-order valence-electron chi connectivity index (χ1n) is 10.5. The number of likely N-dealkylation sites (tertiary alicyclic amines) is 1. The summed E-state index contributed by atoms with van der Waals surface area (Å²) >= 11 is 0. The van der Waals surface area contributed by atoms with E-state index in [4.69, 9.17) is 0 Å². The third-order valence-corrected chi connectivity index (χ3v) is 6.90. The summed E-state index contributed by atoms with van der Waals surface area (Å²) in [6.45, 7) is 9.57. The predicted molar refractivity (Wildman–Crippen MR) is 120 cm³/mol. The molecule has 1 saturated heterocycles. The van der Waals surface area contributed by atoms with E-state index >= 15 is 0 Å². The minimum Gasteiger partial charge on any atom is -0.352 e. The minimum atomic E-state index is -3.79.